The summed E-state index contributed by atoms with van der Waals surface area (Å²) in [6.07, 6.45) is -0.312. The van der Waals surface area contributed by atoms with E-state index in [2.05, 4.69) is 15.1 Å². The van der Waals surface area contributed by atoms with Crippen molar-refractivity contribution < 1.29 is 14.1 Å². The molecule has 1 aliphatic heterocycles. The number of halogens is 2. The minimum absolute atomic E-state index is 0. The molecule has 1 amide bonds. The fraction of sp³-hybridized carbons (Fsp3) is 0.474. The number of guanidine groups is 1. The highest BCUT2D eigenvalue weighted by Gasteiger charge is 2.26. The first-order valence-corrected chi connectivity index (χ1v) is 9.70. The third-order valence-corrected chi connectivity index (χ3v) is 4.45. The van der Waals surface area contributed by atoms with Gasteiger partial charge in [-0.05, 0) is 45.0 Å². The largest absolute Gasteiger partial charge is 0.444 e. The van der Waals surface area contributed by atoms with Crippen LogP contribution in [-0.2, 0) is 11.3 Å². The van der Waals surface area contributed by atoms with Crippen LogP contribution in [0.3, 0.4) is 0 Å². The summed E-state index contributed by atoms with van der Waals surface area (Å²) in [6, 6.07) is 7.16. The standard InChI is InChI=1S/C19H25ClN6O3.HI/c1-19(2,3)28-18(27)26-10-8-25(9-11-26)17(21)22-12-15-23-16(24-29-15)13-4-6-14(20)7-5-13;/h4-7H,8-12H2,1-3H3,(H2,21,22);1H. The molecule has 1 aromatic heterocycles. The summed E-state index contributed by atoms with van der Waals surface area (Å²) in [4.78, 5) is 24.4. The van der Waals surface area contributed by atoms with Gasteiger partial charge < -0.3 is 24.8 Å². The lowest BCUT2D eigenvalue weighted by molar-refractivity contribution is 0.0186. The van der Waals surface area contributed by atoms with Crippen molar-refractivity contribution in [1.29, 1.82) is 0 Å². The summed E-state index contributed by atoms with van der Waals surface area (Å²) in [6.45, 7) is 7.92. The Morgan fingerprint density at radius 2 is 1.80 bits per heavy atom. The van der Waals surface area contributed by atoms with Crippen LogP contribution in [0.15, 0.2) is 33.8 Å². The Morgan fingerprint density at radius 1 is 1.20 bits per heavy atom. The maximum absolute atomic E-state index is 12.1. The third-order valence-electron chi connectivity index (χ3n) is 4.20. The molecule has 0 saturated carbocycles. The van der Waals surface area contributed by atoms with Gasteiger partial charge in [-0.15, -0.1) is 24.0 Å². The highest BCUT2D eigenvalue weighted by molar-refractivity contribution is 14.0. The van der Waals surface area contributed by atoms with Gasteiger partial charge in [-0.1, -0.05) is 16.8 Å². The van der Waals surface area contributed by atoms with Crippen LogP contribution in [-0.4, -0.2) is 63.8 Å². The van der Waals surface area contributed by atoms with E-state index in [1.54, 1.807) is 17.0 Å². The van der Waals surface area contributed by atoms with E-state index in [4.69, 9.17) is 26.6 Å². The van der Waals surface area contributed by atoms with E-state index in [1.807, 2.05) is 37.8 Å². The van der Waals surface area contributed by atoms with Crippen molar-refractivity contribution >= 4 is 47.6 Å². The van der Waals surface area contributed by atoms with Crippen molar-refractivity contribution in [2.24, 2.45) is 10.7 Å². The molecule has 9 nitrogen and oxygen atoms in total. The summed E-state index contributed by atoms with van der Waals surface area (Å²) in [5.74, 6) is 1.21. The van der Waals surface area contributed by atoms with Gasteiger partial charge in [0.2, 0.25) is 11.7 Å². The molecule has 0 bridgehead atoms. The average molecular weight is 549 g/mol. The Bertz CT molecular complexity index is 873. The number of benzene rings is 1. The molecule has 0 unspecified atom stereocenters. The minimum atomic E-state index is -0.510. The van der Waals surface area contributed by atoms with E-state index in [-0.39, 0.29) is 36.6 Å². The van der Waals surface area contributed by atoms with E-state index < -0.39 is 5.60 Å². The molecule has 164 valence electrons. The van der Waals surface area contributed by atoms with Crippen molar-refractivity contribution in [2.45, 2.75) is 32.9 Å². The highest BCUT2D eigenvalue weighted by atomic mass is 127. The van der Waals surface area contributed by atoms with Crippen LogP contribution in [0.25, 0.3) is 11.4 Å². The number of ether oxygens (including phenoxy) is 1. The number of amides is 1. The molecule has 0 spiro atoms. The Balaban J connectivity index is 0.00000320. The molecule has 1 aliphatic rings. The number of carbonyl (C=O) groups is 1. The van der Waals surface area contributed by atoms with Crippen molar-refractivity contribution in [1.82, 2.24) is 19.9 Å². The van der Waals surface area contributed by atoms with Gasteiger partial charge in [0.25, 0.3) is 0 Å². The summed E-state index contributed by atoms with van der Waals surface area (Å²) in [5, 5.41) is 4.59. The van der Waals surface area contributed by atoms with Crippen LogP contribution >= 0.6 is 35.6 Å². The molecule has 30 heavy (non-hydrogen) atoms. The van der Waals surface area contributed by atoms with E-state index in [9.17, 15) is 4.79 Å². The second-order valence-electron chi connectivity index (χ2n) is 7.65. The van der Waals surface area contributed by atoms with Crippen molar-refractivity contribution in [2.75, 3.05) is 26.2 Å². The van der Waals surface area contributed by atoms with Gasteiger partial charge in [0.15, 0.2) is 5.96 Å². The molecular weight excluding hydrogens is 523 g/mol. The van der Waals surface area contributed by atoms with Gasteiger partial charge in [-0.3, -0.25) is 0 Å². The number of carbonyl (C=O) groups excluding carboxylic acids is 1. The maximum Gasteiger partial charge on any atom is 0.410 e. The number of nitrogens with zero attached hydrogens (tertiary/aromatic N) is 5. The predicted octanol–water partition coefficient (Wildman–Crippen LogP) is 3.38. The van der Waals surface area contributed by atoms with Gasteiger partial charge in [0, 0.05) is 36.8 Å². The lowest BCUT2D eigenvalue weighted by Crippen LogP contribution is -2.53. The quantitative estimate of drug-likeness (QED) is 0.356. The Labute approximate surface area is 197 Å². The normalized spacial score (nSPS) is 15.0. The highest BCUT2D eigenvalue weighted by Crippen LogP contribution is 2.19. The monoisotopic (exact) mass is 548 g/mol. The van der Waals surface area contributed by atoms with Crippen LogP contribution in [0.4, 0.5) is 4.79 Å². The summed E-state index contributed by atoms with van der Waals surface area (Å²) in [5.41, 5.74) is 6.39. The van der Waals surface area contributed by atoms with Gasteiger partial charge in [0.05, 0.1) is 0 Å². The Kier molecular flexibility index (Phi) is 8.30. The SMILES string of the molecule is CC(C)(C)OC(=O)N1CCN(C(N)=NCc2nc(-c3ccc(Cl)cc3)no2)CC1.I. The molecule has 0 atom stereocenters. The number of hydrogen-bond donors (Lipinski definition) is 1. The Morgan fingerprint density at radius 3 is 2.40 bits per heavy atom. The number of rotatable bonds is 3. The van der Waals surface area contributed by atoms with Gasteiger partial charge in [-0.2, -0.15) is 4.98 Å². The van der Waals surface area contributed by atoms with E-state index in [0.29, 0.717) is 48.9 Å². The molecule has 2 aromatic rings. The number of aliphatic imine (C=N–C) groups is 1. The fourth-order valence-electron chi connectivity index (χ4n) is 2.73. The molecule has 2 heterocycles. The van der Waals surface area contributed by atoms with Crippen molar-refractivity contribution in [3.05, 3.63) is 35.2 Å². The van der Waals surface area contributed by atoms with Crippen molar-refractivity contribution in [3.8, 4) is 11.4 Å². The van der Waals surface area contributed by atoms with E-state index >= 15 is 0 Å². The number of hydrogen-bond acceptors (Lipinski definition) is 6. The summed E-state index contributed by atoms with van der Waals surface area (Å²) < 4.78 is 10.6. The maximum atomic E-state index is 12.1. The van der Waals surface area contributed by atoms with Crippen LogP contribution < -0.4 is 5.73 Å². The number of aromatic nitrogens is 2. The van der Waals surface area contributed by atoms with Crippen LogP contribution in [0.2, 0.25) is 5.02 Å². The van der Waals surface area contributed by atoms with Crippen LogP contribution in [0.5, 0.6) is 0 Å². The second-order valence-corrected chi connectivity index (χ2v) is 8.08. The number of nitrogens with two attached hydrogens (primary N) is 1. The van der Waals surface area contributed by atoms with Gasteiger partial charge in [0.1, 0.15) is 12.1 Å². The zero-order chi connectivity index (χ0) is 21.0. The summed E-state index contributed by atoms with van der Waals surface area (Å²) >= 11 is 5.89. The number of piperazine rings is 1. The molecular formula is C19H26ClIN6O3. The first-order chi connectivity index (χ1) is 13.7. The lowest BCUT2D eigenvalue weighted by Gasteiger charge is -2.36. The first-order valence-electron chi connectivity index (χ1n) is 9.32. The molecule has 3 rings (SSSR count). The third kappa shape index (κ3) is 6.73. The molecule has 1 aromatic carbocycles. The van der Waals surface area contributed by atoms with Crippen LogP contribution in [0, 0.1) is 0 Å². The van der Waals surface area contributed by atoms with Gasteiger partial charge >= 0.3 is 6.09 Å². The lowest BCUT2D eigenvalue weighted by atomic mass is 10.2. The van der Waals surface area contributed by atoms with E-state index in [1.165, 1.54) is 0 Å². The topological polar surface area (TPSA) is 110 Å². The molecule has 0 radical (unpaired) electrons. The molecule has 0 aliphatic carbocycles. The molecule has 11 heteroatoms. The zero-order valence-electron chi connectivity index (χ0n) is 17.2. The summed E-state index contributed by atoms with van der Waals surface area (Å²) in [7, 11) is 0. The minimum Gasteiger partial charge on any atom is -0.444 e. The first kappa shape index (κ1) is 24.2. The Hall–Kier alpha value is -2.08. The smallest absolute Gasteiger partial charge is 0.410 e. The zero-order valence-corrected chi connectivity index (χ0v) is 20.3. The molecule has 1 saturated heterocycles. The predicted molar refractivity (Wildman–Crippen MR) is 125 cm³/mol. The fourth-order valence-corrected chi connectivity index (χ4v) is 2.85. The molecule has 1 fully saturated rings. The average Bonchev–Trinajstić information content (AvgIpc) is 3.14. The van der Waals surface area contributed by atoms with E-state index in [0.717, 1.165) is 5.56 Å². The second kappa shape index (κ2) is 10.3. The van der Waals surface area contributed by atoms with Crippen molar-refractivity contribution in [3.63, 3.8) is 0 Å². The van der Waals surface area contributed by atoms with Crippen LogP contribution in [0.1, 0.15) is 26.7 Å². The molecule has 2 N–H and O–H groups in total. The van der Waals surface area contributed by atoms with Gasteiger partial charge in [-0.25, -0.2) is 9.79 Å².